The predicted octanol–water partition coefficient (Wildman–Crippen LogP) is 2.92. The molecule has 1 saturated heterocycles. The molecule has 0 aliphatic carbocycles. The maximum absolute atomic E-state index is 14.9. The summed E-state index contributed by atoms with van der Waals surface area (Å²) in [5, 5.41) is 20.6. The summed E-state index contributed by atoms with van der Waals surface area (Å²) in [6, 6.07) is 12.1. The second-order valence-corrected chi connectivity index (χ2v) is 8.82. The highest BCUT2D eigenvalue weighted by Crippen LogP contribution is 2.26. The average molecular weight is 506 g/mol. The molecule has 0 spiro atoms. The van der Waals surface area contributed by atoms with Gasteiger partial charge >= 0.3 is 5.97 Å². The van der Waals surface area contributed by atoms with E-state index in [0.29, 0.717) is 28.5 Å². The Kier molecular flexibility index (Phi) is 7.24. The molecule has 1 aromatic carbocycles. The first-order valence-corrected chi connectivity index (χ1v) is 12.1. The van der Waals surface area contributed by atoms with Crippen LogP contribution >= 0.6 is 0 Å². The molecule has 1 aliphatic rings. The zero-order valence-electron chi connectivity index (χ0n) is 20.4. The van der Waals surface area contributed by atoms with Gasteiger partial charge in [-0.3, -0.25) is 4.79 Å². The van der Waals surface area contributed by atoms with Crippen molar-refractivity contribution in [2.75, 3.05) is 37.0 Å². The minimum atomic E-state index is -0.475. The largest absolute Gasteiger partial charge is 0.468 e. The Balaban J connectivity index is 1.40. The summed E-state index contributed by atoms with van der Waals surface area (Å²) < 4.78 is 21.3. The number of ether oxygens (including phenoxy) is 1. The molecule has 0 saturated carbocycles. The molecule has 4 heterocycles. The van der Waals surface area contributed by atoms with Crippen LogP contribution in [0, 0.1) is 5.82 Å². The fourth-order valence-corrected chi connectivity index (χ4v) is 4.43. The van der Waals surface area contributed by atoms with Gasteiger partial charge in [0.15, 0.2) is 0 Å². The molecule has 5 rings (SSSR count). The van der Waals surface area contributed by atoms with Crippen molar-refractivity contribution in [3.05, 3.63) is 66.4 Å². The number of methoxy groups -OCH3 is 1. The summed E-state index contributed by atoms with van der Waals surface area (Å²) in [4.78, 5) is 23.4. The van der Waals surface area contributed by atoms with E-state index in [1.54, 1.807) is 36.7 Å². The van der Waals surface area contributed by atoms with Gasteiger partial charge in [-0.1, -0.05) is 0 Å². The quantitative estimate of drug-likeness (QED) is 0.311. The number of hydrogen-bond donors (Lipinski definition) is 3. The average Bonchev–Trinajstić information content (AvgIpc) is 3.42. The van der Waals surface area contributed by atoms with Crippen LogP contribution in [-0.4, -0.2) is 63.6 Å². The molecule has 0 radical (unpaired) electrons. The number of pyridine rings is 2. The maximum atomic E-state index is 14.9. The highest BCUT2D eigenvalue weighted by Gasteiger charge is 2.25. The summed E-state index contributed by atoms with van der Waals surface area (Å²) in [7, 11) is 1.38. The third kappa shape index (κ3) is 5.52. The van der Waals surface area contributed by atoms with E-state index >= 15 is 0 Å². The van der Waals surface area contributed by atoms with E-state index in [2.05, 4.69) is 20.7 Å². The van der Waals surface area contributed by atoms with Crippen LogP contribution in [0.15, 0.2) is 54.9 Å². The number of halogens is 1. The van der Waals surface area contributed by atoms with Crippen molar-refractivity contribution in [2.45, 2.75) is 25.5 Å². The standard InChI is InChI=1S/C26H28FN7O3/c1-37-26(36)15-33(19-6-9-28-10-7-19)25-5-2-17-14-29-24(13-23(17)31-25)30-22-4-3-20(12-21(22)27)34-11-8-18(16-35)32-34/h2-5,8,11-14,19,28,35H,6-7,9-10,15-16H2,1H3,(H,29,30). The van der Waals surface area contributed by atoms with Gasteiger partial charge in [0.2, 0.25) is 0 Å². The number of rotatable bonds is 8. The predicted molar refractivity (Wildman–Crippen MR) is 138 cm³/mol. The molecule has 4 aromatic rings. The van der Waals surface area contributed by atoms with Crippen LogP contribution in [0.4, 0.5) is 21.7 Å². The molecule has 11 heteroatoms. The van der Waals surface area contributed by atoms with Crippen molar-refractivity contribution in [1.82, 2.24) is 25.1 Å². The Bertz CT molecular complexity index is 1400. The van der Waals surface area contributed by atoms with Gasteiger partial charge in [0.1, 0.15) is 24.0 Å². The van der Waals surface area contributed by atoms with Crippen LogP contribution in [0.25, 0.3) is 16.6 Å². The topological polar surface area (TPSA) is 117 Å². The van der Waals surface area contributed by atoms with Crippen molar-refractivity contribution in [1.29, 1.82) is 0 Å². The van der Waals surface area contributed by atoms with Crippen LogP contribution in [0.1, 0.15) is 18.5 Å². The minimum Gasteiger partial charge on any atom is -0.468 e. The van der Waals surface area contributed by atoms with Crippen LogP contribution in [0.5, 0.6) is 0 Å². The lowest BCUT2D eigenvalue weighted by Gasteiger charge is -2.34. The molecule has 0 unspecified atom stereocenters. The number of aliphatic hydroxyl groups excluding tert-OH is 1. The number of esters is 1. The zero-order chi connectivity index (χ0) is 25.8. The molecule has 1 fully saturated rings. The Morgan fingerprint density at radius 2 is 2.08 bits per heavy atom. The van der Waals surface area contributed by atoms with Crippen molar-refractivity contribution in [3.8, 4) is 5.69 Å². The molecule has 10 nitrogen and oxygen atoms in total. The Morgan fingerprint density at radius 1 is 1.24 bits per heavy atom. The van der Waals surface area contributed by atoms with Gasteiger partial charge in [-0.15, -0.1) is 0 Å². The number of carbonyl (C=O) groups excluding carboxylic acids is 1. The summed E-state index contributed by atoms with van der Waals surface area (Å²) in [5.41, 5.74) is 1.96. The highest BCUT2D eigenvalue weighted by atomic mass is 19.1. The number of aromatic nitrogens is 4. The number of carbonyl (C=O) groups is 1. The number of piperidine rings is 1. The molecule has 0 bridgehead atoms. The lowest BCUT2D eigenvalue weighted by Crippen LogP contribution is -2.46. The molecule has 3 N–H and O–H groups in total. The fraction of sp³-hybridized carbons (Fsp3) is 0.308. The molecule has 0 atom stereocenters. The Hall–Kier alpha value is -4.09. The van der Waals surface area contributed by atoms with Gasteiger partial charge in [-0.25, -0.2) is 19.0 Å². The van der Waals surface area contributed by atoms with Crippen molar-refractivity contribution in [2.24, 2.45) is 0 Å². The number of nitrogens with zero attached hydrogens (tertiary/aromatic N) is 5. The van der Waals surface area contributed by atoms with Gasteiger partial charge in [-0.05, 0) is 56.3 Å². The summed E-state index contributed by atoms with van der Waals surface area (Å²) in [6.45, 7) is 1.68. The minimum absolute atomic E-state index is 0.115. The first-order valence-electron chi connectivity index (χ1n) is 12.1. The third-order valence-electron chi connectivity index (χ3n) is 6.42. The maximum Gasteiger partial charge on any atom is 0.325 e. The molecular weight excluding hydrogens is 477 g/mol. The van der Waals surface area contributed by atoms with Crippen molar-refractivity contribution < 1.29 is 19.0 Å². The van der Waals surface area contributed by atoms with E-state index in [4.69, 9.17) is 9.72 Å². The number of benzene rings is 1. The number of fused-ring (bicyclic) bond motifs is 1. The lowest BCUT2D eigenvalue weighted by atomic mass is 10.0. The zero-order valence-corrected chi connectivity index (χ0v) is 20.4. The number of nitrogens with one attached hydrogen (secondary N) is 2. The second kappa shape index (κ2) is 10.9. The van der Waals surface area contributed by atoms with E-state index in [-0.39, 0.29) is 30.9 Å². The summed E-state index contributed by atoms with van der Waals surface area (Å²) >= 11 is 0. The smallest absolute Gasteiger partial charge is 0.325 e. The van der Waals surface area contributed by atoms with Gasteiger partial charge in [0, 0.05) is 36.0 Å². The monoisotopic (exact) mass is 505 g/mol. The van der Waals surface area contributed by atoms with Crippen LogP contribution in [-0.2, 0) is 16.1 Å². The van der Waals surface area contributed by atoms with Gasteiger partial charge < -0.3 is 25.4 Å². The van der Waals surface area contributed by atoms with Crippen LogP contribution in [0.3, 0.4) is 0 Å². The SMILES string of the molecule is COC(=O)CN(c1ccc2cnc(Nc3ccc(-n4ccc(CO)n4)cc3F)cc2n1)C1CCNCC1. The molecule has 37 heavy (non-hydrogen) atoms. The molecule has 0 amide bonds. The number of aliphatic hydroxyl groups is 1. The third-order valence-corrected chi connectivity index (χ3v) is 6.42. The molecule has 192 valence electrons. The van der Waals surface area contributed by atoms with Gasteiger partial charge in [0.05, 0.1) is 36.3 Å². The normalized spacial score (nSPS) is 14.0. The molecule has 3 aromatic heterocycles. The first kappa shape index (κ1) is 24.6. The van der Waals surface area contributed by atoms with Gasteiger partial charge in [0.25, 0.3) is 0 Å². The highest BCUT2D eigenvalue weighted by molar-refractivity contribution is 5.83. The number of anilines is 3. The van der Waals surface area contributed by atoms with E-state index in [0.717, 1.165) is 31.3 Å². The number of hydrogen-bond acceptors (Lipinski definition) is 9. The summed E-state index contributed by atoms with van der Waals surface area (Å²) in [6.07, 6.45) is 5.13. The van der Waals surface area contributed by atoms with Gasteiger partial charge in [-0.2, -0.15) is 5.10 Å². The van der Waals surface area contributed by atoms with Crippen molar-refractivity contribution in [3.63, 3.8) is 0 Å². The van der Waals surface area contributed by atoms with E-state index in [1.807, 2.05) is 17.0 Å². The van der Waals surface area contributed by atoms with Crippen molar-refractivity contribution >= 4 is 34.2 Å². The van der Waals surface area contributed by atoms with E-state index in [1.165, 1.54) is 17.9 Å². The lowest BCUT2D eigenvalue weighted by molar-refractivity contribution is -0.139. The van der Waals surface area contributed by atoms with E-state index in [9.17, 15) is 14.3 Å². The van der Waals surface area contributed by atoms with Crippen LogP contribution in [0.2, 0.25) is 0 Å². The second-order valence-electron chi connectivity index (χ2n) is 8.82. The molecular formula is C26H28FN7O3. The Labute approximate surface area is 213 Å². The van der Waals surface area contributed by atoms with E-state index < -0.39 is 5.82 Å². The first-order chi connectivity index (χ1) is 18.0. The summed E-state index contributed by atoms with van der Waals surface area (Å²) in [5.74, 6) is 0.322. The fourth-order valence-electron chi connectivity index (χ4n) is 4.43. The van der Waals surface area contributed by atoms with Crippen LogP contribution < -0.4 is 15.5 Å². The molecule has 1 aliphatic heterocycles. The Morgan fingerprint density at radius 3 is 2.81 bits per heavy atom.